The molecule has 1 saturated carbocycles. The van der Waals surface area contributed by atoms with Crippen LogP contribution in [0.2, 0.25) is 0 Å². The molecule has 1 unspecified atom stereocenters. The predicted octanol–water partition coefficient (Wildman–Crippen LogP) is 4.31. The number of imide groups is 1. The highest BCUT2D eigenvalue weighted by atomic mass is 16.5. The zero-order valence-electron chi connectivity index (χ0n) is 18.6. The smallest absolute Gasteiger partial charge is 0.257 e. The summed E-state index contributed by atoms with van der Waals surface area (Å²) >= 11 is 0. The fourth-order valence-corrected chi connectivity index (χ4v) is 4.55. The lowest BCUT2D eigenvalue weighted by atomic mass is 9.90. The summed E-state index contributed by atoms with van der Waals surface area (Å²) in [6.07, 6.45) is 6.65. The summed E-state index contributed by atoms with van der Waals surface area (Å²) in [7, 11) is 1.57. The molecule has 0 radical (unpaired) electrons. The highest BCUT2D eigenvalue weighted by molar-refractivity contribution is 6.23. The summed E-state index contributed by atoms with van der Waals surface area (Å²) in [6.45, 7) is 6.09. The average Bonchev–Trinajstić information content (AvgIpc) is 2.86. The van der Waals surface area contributed by atoms with Gasteiger partial charge in [0.05, 0.1) is 19.2 Å². The largest absolute Gasteiger partial charge is 0.497 e. The maximum Gasteiger partial charge on any atom is 0.257 e. The molecule has 0 bridgehead atoms. The van der Waals surface area contributed by atoms with Crippen molar-refractivity contribution in [1.82, 2.24) is 4.90 Å². The molecule has 3 amide bonds. The van der Waals surface area contributed by atoms with Gasteiger partial charge in [0.25, 0.3) is 5.91 Å². The number of rotatable bonds is 5. The number of nitrogens with zero attached hydrogens (tertiary/aromatic N) is 2. The van der Waals surface area contributed by atoms with E-state index in [2.05, 4.69) is 0 Å². The maximum atomic E-state index is 13.4. The molecular weight excluding hydrogens is 380 g/mol. The first kappa shape index (κ1) is 22.3. The molecule has 1 heterocycles. The third-order valence-electron chi connectivity index (χ3n) is 5.98. The van der Waals surface area contributed by atoms with Crippen LogP contribution in [0.5, 0.6) is 5.75 Å². The average molecular weight is 415 g/mol. The molecule has 164 valence electrons. The SMILES string of the molecule is COc1ccc(N2C(=O)CC(N(C(=O)CC(C)(C)C)C3CCCCCC3)C2=O)cc1. The molecule has 2 aliphatic rings. The van der Waals surface area contributed by atoms with E-state index in [1.165, 1.54) is 4.90 Å². The van der Waals surface area contributed by atoms with E-state index < -0.39 is 6.04 Å². The van der Waals surface area contributed by atoms with Gasteiger partial charge in [-0.05, 0) is 42.5 Å². The van der Waals surface area contributed by atoms with Crippen LogP contribution in [0.3, 0.4) is 0 Å². The van der Waals surface area contributed by atoms with Crippen LogP contribution in [0, 0.1) is 5.41 Å². The van der Waals surface area contributed by atoms with Crippen molar-refractivity contribution in [1.29, 1.82) is 0 Å². The molecule has 2 fully saturated rings. The molecule has 1 aliphatic carbocycles. The zero-order valence-corrected chi connectivity index (χ0v) is 18.6. The second-order valence-electron chi connectivity index (χ2n) is 9.67. The quantitative estimate of drug-likeness (QED) is 0.532. The van der Waals surface area contributed by atoms with Gasteiger partial charge in [-0.1, -0.05) is 46.5 Å². The van der Waals surface area contributed by atoms with Gasteiger partial charge in [0.15, 0.2) is 0 Å². The van der Waals surface area contributed by atoms with Gasteiger partial charge in [-0.2, -0.15) is 0 Å². The van der Waals surface area contributed by atoms with E-state index in [4.69, 9.17) is 4.74 Å². The summed E-state index contributed by atoms with van der Waals surface area (Å²) in [5.74, 6) is 0.0981. The fraction of sp³-hybridized carbons (Fsp3) is 0.625. The minimum Gasteiger partial charge on any atom is -0.497 e. The minimum atomic E-state index is -0.711. The summed E-state index contributed by atoms with van der Waals surface area (Å²) in [5, 5.41) is 0. The van der Waals surface area contributed by atoms with E-state index in [1.54, 1.807) is 36.3 Å². The Bertz CT molecular complexity index is 773. The Balaban J connectivity index is 1.89. The van der Waals surface area contributed by atoms with Crippen molar-refractivity contribution in [2.24, 2.45) is 5.41 Å². The first-order valence-electron chi connectivity index (χ1n) is 11.0. The first-order chi connectivity index (χ1) is 14.2. The summed E-state index contributed by atoms with van der Waals surface area (Å²) in [4.78, 5) is 42.6. The van der Waals surface area contributed by atoms with Crippen molar-refractivity contribution in [3.8, 4) is 5.75 Å². The Labute approximate surface area is 179 Å². The van der Waals surface area contributed by atoms with Crippen molar-refractivity contribution in [3.63, 3.8) is 0 Å². The first-order valence-corrected chi connectivity index (χ1v) is 11.0. The maximum absolute atomic E-state index is 13.4. The summed E-state index contributed by atoms with van der Waals surface area (Å²) < 4.78 is 5.17. The van der Waals surface area contributed by atoms with E-state index in [1.807, 2.05) is 20.8 Å². The molecule has 1 atom stereocenters. The predicted molar refractivity (Wildman–Crippen MR) is 116 cm³/mol. The van der Waals surface area contributed by atoms with Crippen molar-refractivity contribution in [3.05, 3.63) is 24.3 Å². The standard InChI is InChI=1S/C24H34N2O4/c1-24(2,3)16-22(28)25(17-9-7-5-6-8-10-17)20-15-21(27)26(23(20)29)18-11-13-19(30-4)14-12-18/h11-14,17,20H,5-10,15-16H2,1-4H3. The molecule has 30 heavy (non-hydrogen) atoms. The highest BCUT2D eigenvalue weighted by Gasteiger charge is 2.46. The van der Waals surface area contributed by atoms with Gasteiger partial charge in [-0.3, -0.25) is 14.4 Å². The van der Waals surface area contributed by atoms with E-state index in [-0.39, 0.29) is 35.6 Å². The van der Waals surface area contributed by atoms with Crippen LogP contribution in [0.4, 0.5) is 5.69 Å². The van der Waals surface area contributed by atoms with E-state index >= 15 is 0 Å². The number of anilines is 1. The van der Waals surface area contributed by atoms with Crippen molar-refractivity contribution >= 4 is 23.4 Å². The van der Waals surface area contributed by atoms with Crippen molar-refractivity contribution in [2.75, 3.05) is 12.0 Å². The lowest BCUT2D eigenvalue weighted by Gasteiger charge is -2.36. The van der Waals surface area contributed by atoms with Gasteiger partial charge in [0.2, 0.25) is 11.8 Å². The molecule has 1 aromatic carbocycles. The number of hydrogen-bond acceptors (Lipinski definition) is 4. The van der Waals surface area contributed by atoms with E-state index in [9.17, 15) is 14.4 Å². The van der Waals surface area contributed by atoms with Crippen LogP contribution in [0.1, 0.15) is 72.1 Å². The number of carbonyl (C=O) groups is 3. The lowest BCUT2D eigenvalue weighted by Crippen LogP contribution is -2.51. The van der Waals surface area contributed by atoms with Gasteiger partial charge < -0.3 is 9.64 Å². The molecule has 0 aromatic heterocycles. The second-order valence-corrected chi connectivity index (χ2v) is 9.67. The van der Waals surface area contributed by atoms with Gasteiger partial charge >= 0.3 is 0 Å². The van der Waals surface area contributed by atoms with Crippen LogP contribution >= 0.6 is 0 Å². The fourth-order valence-electron chi connectivity index (χ4n) is 4.55. The Kier molecular flexibility index (Phi) is 6.84. The van der Waals surface area contributed by atoms with E-state index in [0.717, 1.165) is 38.5 Å². The molecule has 0 spiro atoms. The Morgan fingerprint density at radius 1 is 1.07 bits per heavy atom. The van der Waals surface area contributed by atoms with Gasteiger partial charge in [0.1, 0.15) is 11.8 Å². The van der Waals surface area contributed by atoms with Crippen molar-refractivity contribution in [2.45, 2.75) is 84.2 Å². The monoisotopic (exact) mass is 414 g/mol. The number of ether oxygens (including phenoxy) is 1. The summed E-state index contributed by atoms with van der Waals surface area (Å²) in [5.41, 5.74) is 0.346. The van der Waals surface area contributed by atoms with E-state index in [0.29, 0.717) is 17.9 Å². The third-order valence-corrected chi connectivity index (χ3v) is 5.98. The Hall–Kier alpha value is -2.37. The summed E-state index contributed by atoms with van der Waals surface area (Å²) in [6, 6.07) is 6.21. The van der Waals surface area contributed by atoms with Gasteiger partial charge in [-0.25, -0.2) is 4.90 Å². The van der Waals surface area contributed by atoms with Crippen LogP contribution in [-0.4, -0.2) is 41.8 Å². The second kappa shape index (κ2) is 9.19. The Morgan fingerprint density at radius 3 is 2.20 bits per heavy atom. The number of hydrogen-bond donors (Lipinski definition) is 0. The molecule has 0 N–H and O–H groups in total. The molecule has 6 nitrogen and oxygen atoms in total. The van der Waals surface area contributed by atoms with Crippen LogP contribution in [-0.2, 0) is 14.4 Å². The molecule has 1 aromatic rings. The van der Waals surface area contributed by atoms with Gasteiger partial charge in [-0.15, -0.1) is 0 Å². The Morgan fingerprint density at radius 2 is 1.67 bits per heavy atom. The minimum absolute atomic E-state index is 0.0165. The lowest BCUT2D eigenvalue weighted by molar-refractivity contribution is -0.143. The van der Waals surface area contributed by atoms with Crippen LogP contribution in [0.15, 0.2) is 24.3 Å². The zero-order chi connectivity index (χ0) is 21.9. The van der Waals surface area contributed by atoms with Crippen LogP contribution < -0.4 is 9.64 Å². The van der Waals surface area contributed by atoms with Crippen LogP contribution in [0.25, 0.3) is 0 Å². The molecule has 1 aliphatic heterocycles. The number of carbonyl (C=O) groups excluding carboxylic acids is 3. The molecule has 3 rings (SSSR count). The number of amides is 3. The van der Waals surface area contributed by atoms with Gasteiger partial charge in [0, 0.05) is 12.5 Å². The number of benzene rings is 1. The third kappa shape index (κ3) is 5.02. The number of methoxy groups -OCH3 is 1. The normalized spacial score (nSPS) is 20.9. The van der Waals surface area contributed by atoms with Crippen molar-refractivity contribution < 1.29 is 19.1 Å². The molecule has 1 saturated heterocycles. The topological polar surface area (TPSA) is 66.9 Å². The molecular formula is C24H34N2O4. The molecule has 6 heteroatoms. The highest BCUT2D eigenvalue weighted by Crippen LogP contribution is 2.33.